The molecule has 2 N–H and O–H groups in total. The van der Waals surface area contributed by atoms with Gasteiger partial charge in [-0.3, -0.25) is 9.59 Å². The van der Waals surface area contributed by atoms with Crippen molar-refractivity contribution >= 4 is 28.3 Å². The van der Waals surface area contributed by atoms with Crippen LogP contribution in [0, 0.1) is 17.6 Å². The Hall–Kier alpha value is -2.35. The molecule has 0 aliphatic heterocycles. The number of hydrogen-bond donors (Lipinski definition) is 2. The minimum absolute atomic E-state index is 0.206. The van der Waals surface area contributed by atoms with Crippen LogP contribution in [0.5, 0.6) is 0 Å². The van der Waals surface area contributed by atoms with Crippen molar-refractivity contribution < 1.29 is 18.4 Å². The Kier molecular flexibility index (Phi) is 6.39. The summed E-state index contributed by atoms with van der Waals surface area (Å²) in [7, 11) is 0. The highest BCUT2D eigenvalue weighted by Crippen LogP contribution is 2.32. The average Bonchev–Trinajstić information content (AvgIpc) is 2.99. The summed E-state index contributed by atoms with van der Waals surface area (Å²) in [5.74, 6) is -1.68. The number of fused-ring (bicyclic) bond motifs is 1. The number of thiazole rings is 1. The summed E-state index contributed by atoms with van der Waals surface area (Å²) in [6, 6.07) is 2.21. The van der Waals surface area contributed by atoms with E-state index in [1.807, 2.05) is 0 Å². The molecule has 0 fully saturated rings. The Balaban J connectivity index is 1.59. The van der Waals surface area contributed by atoms with Crippen LogP contribution in [0.4, 0.5) is 13.9 Å². The van der Waals surface area contributed by atoms with Crippen molar-refractivity contribution in [3.05, 3.63) is 46.0 Å². The predicted octanol–water partition coefficient (Wildman–Crippen LogP) is 3.62. The zero-order valence-corrected chi connectivity index (χ0v) is 16.7. The van der Waals surface area contributed by atoms with Crippen LogP contribution in [-0.4, -0.2) is 22.8 Å². The smallest absolute Gasteiger partial charge is 0.248 e. The first-order valence-corrected chi connectivity index (χ1v) is 10.2. The number of halogens is 2. The van der Waals surface area contributed by atoms with Crippen molar-refractivity contribution in [3.63, 3.8) is 0 Å². The zero-order valence-electron chi connectivity index (χ0n) is 15.9. The standard InChI is InChI=1S/C20H23F2N3O2S/c1-3-15(23-18(26)9-12-7-13(21)10-14(22)8-12)19(27)25-20-24-16-5-4-11(2)6-17(16)28-20/h7-8,10-11,15H,3-6,9H2,1-2H3,(H,23,26)(H,24,25,27)/t11?,15-/m0/s1. The van der Waals surface area contributed by atoms with Crippen LogP contribution in [0.2, 0.25) is 0 Å². The Bertz CT molecular complexity index is 864. The first kappa shape index (κ1) is 20.4. The van der Waals surface area contributed by atoms with Crippen molar-refractivity contribution in [2.24, 2.45) is 5.92 Å². The molecule has 0 bridgehead atoms. The lowest BCUT2D eigenvalue weighted by molar-refractivity contribution is -0.126. The highest BCUT2D eigenvalue weighted by Gasteiger charge is 2.23. The van der Waals surface area contributed by atoms with E-state index >= 15 is 0 Å². The molecular formula is C20H23F2N3O2S. The molecule has 1 aromatic heterocycles. The molecule has 0 radical (unpaired) electrons. The number of aromatic nitrogens is 1. The number of amides is 2. The summed E-state index contributed by atoms with van der Waals surface area (Å²) in [5.41, 5.74) is 1.26. The van der Waals surface area contributed by atoms with Gasteiger partial charge in [-0.2, -0.15) is 0 Å². The fraction of sp³-hybridized carbons (Fsp3) is 0.450. The molecule has 2 atom stereocenters. The topological polar surface area (TPSA) is 71.1 Å². The van der Waals surface area contributed by atoms with E-state index in [1.54, 1.807) is 6.92 Å². The van der Waals surface area contributed by atoms with Gasteiger partial charge < -0.3 is 10.6 Å². The van der Waals surface area contributed by atoms with Gasteiger partial charge in [-0.05, 0) is 49.3 Å². The van der Waals surface area contributed by atoms with Crippen LogP contribution in [-0.2, 0) is 28.9 Å². The molecule has 1 aliphatic carbocycles. The first-order valence-electron chi connectivity index (χ1n) is 9.37. The van der Waals surface area contributed by atoms with Gasteiger partial charge in [-0.25, -0.2) is 13.8 Å². The highest BCUT2D eigenvalue weighted by atomic mass is 32.1. The second kappa shape index (κ2) is 8.77. The van der Waals surface area contributed by atoms with Crippen LogP contribution in [0.1, 0.15) is 42.8 Å². The lowest BCUT2D eigenvalue weighted by atomic mass is 9.93. The molecule has 2 aromatic rings. The lowest BCUT2D eigenvalue weighted by Gasteiger charge is -2.16. The van der Waals surface area contributed by atoms with E-state index in [0.29, 0.717) is 17.5 Å². The van der Waals surface area contributed by atoms with E-state index in [-0.39, 0.29) is 17.9 Å². The second-order valence-corrected chi connectivity index (χ2v) is 8.29. The number of aryl methyl sites for hydroxylation is 1. The lowest BCUT2D eigenvalue weighted by Crippen LogP contribution is -2.44. The number of rotatable bonds is 6. The van der Waals surface area contributed by atoms with Crippen LogP contribution in [0.25, 0.3) is 0 Å². The highest BCUT2D eigenvalue weighted by molar-refractivity contribution is 7.15. The van der Waals surface area contributed by atoms with Gasteiger partial charge in [0.2, 0.25) is 11.8 Å². The van der Waals surface area contributed by atoms with E-state index in [0.717, 1.165) is 43.2 Å². The molecule has 1 aromatic carbocycles. The number of hydrogen-bond acceptors (Lipinski definition) is 4. The van der Waals surface area contributed by atoms with Crippen molar-refractivity contribution in [1.29, 1.82) is 0 Å². The van der Waals surface area contributed by atoms with Gasteiger partial charge in [0.15, 0.2) is 5.13 Å². The number of anilines is 1. The van der Waals surface area contributed by atoms with Crippen molar-refractivity contribution in [2.75, 3.05) is 5.32 Å². The van der Waals surface area contributed by atoms with E-state index in [9.17, 15) is 18.4 Å². The monoisotopic (exact) mass is 407 g/mol. The first-order chi connectivity index (χ1) is 13.3. The van der Waals surface area contributed by atoms with E-state index < -0.39 is 23.6 Å². The van der Waals surface area contributed by atoms with Crippen LogP contribution in [0.3, 0.4) is 0 Å². The maximum Gasteiger partial charge on any atom is 0.248 e. The largest absolute Gasteiger partial charge is 0.344 e. The fourth-order valence-corrected chi connectivity index (χ4v) is 4.46. The third-order valence-corrected chi connectivity index (χ3v) is 5.80. The van der Waals surface area contributed by atoms with Gasteiger partial charge in [0.1, 0.15) is 17.7 Å². The third-order valence-electron chi connectivity index (χ3n) is 4.76. The summed E-state index contributed by atoms with van der Waals surface area (Å²) < 4.78 is 26.5. The van der Waals surface area contributed by atoms with Crippen molar-refractivity contribution in [3.8, 4) is 0 Å². The fourth-order valence-electron chi connectivity index (χ4n) is 3.28. The molecule has 0 spiro atoms. The predicted molar refractivity (Wildman–Crippen MR) is 104 cm³/mol. The van der Waals surface area contributed by atoms with Crippen molar-refractivity contribution in [1.82, 2.24) is 10.3 Å². The minimum atomic E-state index is -0.745. The summed E-state index contributed by atoms with van der Waals surface area (Å²) >= 11 is 1.48. The number of carbonyl (C=O) groups is 2. The molecule has 5 nitrogen and oxygen atoms in total. The molecule has 2 amide bonds. The van der Waals surface area contributed by atoms with Gasteiger partial charge in [0, 0.05) is 10.9 Å². The number of benzene rings is 1. The Morgan fingerprint density at radius 1 is 1.29 bits per heavy atom. The van der Waals surface area contributed by atoms with Gasteiger partial charge >= 0.3 is 0 Å². The van der Waals surface area contributed by atoms with E-state index in [2.05, 4.69) is 22.5 Å². The zero-order chi connectivity index (χ0) is 20.3. The van der Waals surface area contributed by atoms with E-state index in [4.69, 9.17) is 0 Å². The van der Waals surface area contributed by atoms with Gasteiger partial charge in [0.05, 0.1) is 12.1 Å². The molecule has 3 rings (SSSR count). The quantitative estimate of drug-likeness (QED) is 0.768. The van der Waals surface area contributed by atoms with E-state index in [1.165, 1.54) is 16.2 Å². The Labute approximate surface area is 166 Å². The maximum absolute atomic E-state index is 13.3. The van der Waals surface area contributed by atoms with Gasteiger partial charge in [-0.15, -0.1) is 11.3 Å². The second-order valence-electron chi connectivity index (χ2n) is 7.21. The van der Waals surface area contributed by atoms with Crippen LogP contribution >= 0.6 is 11.3 Å². The SMILES string of the molecule is CC[C@H](NC(=O)Cc1cc(F)cc(F)c1)C(=O)Nc1nc2c(s1)CC(C)CC2. The molecule has 1 heterocycles. The normalized spacial score (nSPS) is 16.9. The number of nitrogens with zero attached hydrogens (tertiary/aromatic N) is 1. The Morgan fingerprint density at radius 2 is 2.00 bits per heavy atom. The molecular weight excluding hydrogens is 384 g/mol. The molecule has 1 unspecified atom stereocenters. The third kappa shape index (κ3) is 5.13. The minimum Gasteiger partial charge on any atom is -0.344 e. The van der Waals surface area contributed by atoms with Gasteiger partial charge in [0.25, 0.3) is 0 Å². The number of carbonyl (C=O) groups excluding carboxylic acids is 2. The molecule has 1 aliphatic rings. The summed E-state index contributed by atoms with van der Waals surface area (Å²) in [6.07, 6.45) is 3.17. The Morgan fingerprint density at radius 3 is 2.68 bits per heavy atom. The molecule has 150 valence electrons. The summed E-state index contributed by atoms with van der Waals surface area (Å²) in [6.45, 7) is 3.98. The summed E-state index contributed by atoms with van der Waals surface area (Å²) in [5, 5.41) is 5.96. The number of nitrogens with one attached hydrogen (secondary N) is 2. The van der Waals surface area contributed by atoms with Crippen LogP contribution < -0.4 is 10.6 Å². The molecule has 8 heteroatoms. The molecule has 0 saturated carbocycles. The van der Waals surface area contributed by atoms with Crippen LogP contribution in [0.15, 0.2) is 18.2 Å². The maximum atomic E-state index is 13.3. The molecule has 0 saturated heterocycles. The summed E-state index contributed by atoms with van der Waals surface area (Å²) in [4.78, 5) is 30.5. The van der Waals surface area contributed by atoms with Crippen molar-refractivity contribution in [2.45, 2.75) is 52.0 Å². The molecule has 28 heavy (non-hydrogen) atoms. The average molecular weight is 407 g/mol. The van der Waals surface area contributed by atoms with Gasteiger partial charge in [-0.1, -0.05) is 13.8 Å².